The van der Waals surface area contributed by atoms with Gasteiger partial charge in [-0.3, -0.25) is 4.79 Å². The number of alkyl halides is 2. The van der Waals surface area contributed by atoms with E-state index in [0.29, 0.717) is 23.3 Å². The summed E-state index contributed by atoms with van der Waals surface area (Å²) in [5, 5.41) is 2.61. The van der Waals surface area contributed by atoms with Gasteiger partial charge in [0.25, 0.3) is 5.91 Å². The molecule has 0 saturated carbocycles. The first kappa shape index (κ1) is 20.2. The summed E-state index contributed by atoms with van der Waals surface area (Å²) < 4.78 is 72.0. The molecule has 2 aromatic rings. The summed E-state index contributed by atoms with van der Waals surface area (Å²) in [4.78, 5) is 11.6. The second-order valence-electron chi connectivity index (χ2n) is 6.00. The average Bonchev–Trinajstić information content (AvgIpc) is 2.67. The van der Waals surface area contributed by atoms with E-state index in [1.807, 2.05) is 0 Å². The van der Waals surface area contributed by atoms with Crippen LogP contribution >= 0.6 is 0 Å². The lowest BCUT2D eigenvalue weighted by molar-refractivity contribution is -0.0172. The molecular formula is C18H16F3NO5S. The largest absolute Gasteiger partial charge is 0.467 e. The number of ether oxygens (including phenoxy) is 2. The summed E-state index contributed by atoms with van der Waals surface area (Å²) in [6, 6.07) is 6.84. The van der Waals surface area contributed by atoms with Gasteiger partial charge in [0.05, 0.1) is 11.5 Å². The minimum absolute atomic E-state index is 0.0614. The van der Waals surface area contributed by atoms with Crippen LogP contribution in [0.5, 0.6) is 5.75 Å². The summed E-state index contributed by atoms with van der Waals surface area (Å²) in [7, 11) is -4.71. The normalized spacial score (nSPS) is 13.7. The lowest BCUT2D eigenvalue weighted by Gasteiger charge is -2.21. The Labute approximate surface area is 159 Å². The monoisotopic (exact) mass is 415 g/mol. The average molecular weight is 415 g/mol. The van der Waals surface area contributed by atoms with E-state index in [9.17, 15) is 26.4 Å². The highest BCUT2D eigenvalue weighted by Gasteiger charge is 2.26. The number of nitrogens with one attached hydrogen (secondary N) is 1. The number of fused-ring (bicyclic) bond motifs is 1. The van der Waals surface area contributed by atoms with E-state index in [-0.39, 0.29) is 25.5 Å². The second-order valence-corrected chi connectivity index (χ2v) is 7.92. The summed E-state index contributed by atoms with van der Waals surface area (Å²) in [6.45, 7) is 0.461. The highest BCUT2D eigenvalue weighted by molar-refractivity contribution is 7.91. The number of amides is 1. The van der Waals surface area contributed by atoms with E-state index in [1.54, 1.807) is 0 Å². The van der Waals surface area contributed by atoms with Crippen LogP contribution in [0.15, 0.2) is 41.3 Å². The first-order valence-electron chi connectivity index (χ1n) is 8.21. The van der Waals surface area contributed by atoms with Gasteiger partial charge in [-0.2, -0.15) is 8.78 Å². The molecule has 0 fully saturated rings. The maximum Gasteiger partial charge on any atom is 0.341 e. The van der Waals surface area contributed by atoms with Crippen LogP contribution < -0.4 is 10.1 Å². The van der Waals surface area contributed by atoms with Gasteiger partial charge >= 0.3 is 5.76 Å². The van der Waals surface area contributed by atoms with E-state index in [1.165, 1.54) is 12.1 Å². The fraction of sp³-hybridized carbons (Fsp3) is 0.278. The van der Waals surface area contributed by atoms with E-state index in [2.05, 4.69) is 5.32 Å². The predicted molar refractivity (Wildman–Crippen MR) is 92.4 cm³/mol. The molecule has 0 saturated heterocycles. The molecule has 0 spiro atoms. The molecule has 0 unspecified atom stereocenters. The van der Waals surface area contributed by atoms with Crippen molar-refractivity contribution in [2.75, 3.05) is 13.3 Å². The maximum absolute atomic E-state index is 13.7. The molecule has 28 heavy (non-hydrogen) atoms. The zero-order chi connectivity index (χ0) is 20.3. The van der Waals surface area contributed by atoms with Crippen LogP contribution in [0, 0.1) is 5.82 Å². The van der Waals surface area contributed by atoms with Crippen molar-refractivity contribution in [1.29, 1.82) is 0 Å². The Balaban J connectivity index is 1.63. The van der Waals surface area contributed by atoms with Crippen LogP contribution in [-0.4, -0.2) is 33.4 Å². The number of carbonyl (C=O) groups excluding carboxylic acids is 1. The third-order valence-corrected chi connectivity index (χ3v) is 5.51. The quantitative estimate of drug-likeness (QED) is 0.785. The highest BCUT2D eigenvalue weighted by Crippen LogP contribution is 2.29. The Kier molecular flexibility index (Phi) is 5.90. The third kappa shape index (κ3) is 4.28. The van der Waals surface area contributed by atoms with E-state index < -0.39 is 32.2 Å². The van der Waals surface area contributed by atoms with Gasteiger partial charge in [-0.1, -0.05) is 0 Å². The fourth-order valence-corrected chi connectivity index (χ4v) is 3.48. The van der Waals surface area contributed by atoms with Gasteiger partial charge in [0.1, 0.15) is 11.6 Å². The van der Waals surface area contributed by atoms with Crippen molar-refractivity contribution in [2.24, 2.45) is 0 Å². The molecule has 1 amide bonds. The molecule has 0 aromatic heterocycles. The Morgan fingerprint density at radius 1 is 1.18 bits per heavy atom. The van der Waals surface area contributed by atoms with Gasteiger partial charge in [-0.15, -0.1) is 0 Å². The van der Waals surface area contributed by atoms with Crippen molar-refractivity contribution in [1.82, 2.24) is 5.32 Å². The van der Waals surface area contributed by atoms with Crippen molar-refractivity contribution in [3.05, 3.63) is 58.9 Å². The van der Waals surface area contributed by atoms with Crippen LogP contribution in [0.2, 0.25) is 0 Å². The number of carbonyl (C=O) groups is 1. The standard InChI is InChI=1S/C18H16F3NO5S/c19-14-7-12(16-13(8-14)9-26-10-27-16)5-6-22-17(23)11-1-3-15(4-2-11)28(24,25)18(20)21/h1-4,7-8,18H,5-6,9-10H2,(H,22,23). The fourth-order valence-electron chi connectivity index (χ4n) is 2.75. The van der Waals surface area contributed by atoms with Crippen molar-refractivity contribution in [3.8, 4) is 5.75 Å². The lowest BCUT2D eigenvalue weighted by atomic mass is 10.1. The molecule has 1 aliphatic rings. The first-order valence-corrected chi connectivity index (χ1v) is 9.76. The molecular weight excluding hydrogens is 399 g/mol. The summed E-state index contributed by atoms with van der Waals surface area (Å²) >= 11 is 0. The topological polar surface area (TPSA) is 81.7 Å². The number of sulfone groups is 1. The molecule has 0 bridgehead atoms. The molecule has 1 heterocycles. The molecule has 10 heteroatoms. The second kappa shape index (κ2) is 8.19. The third-order valence-electron chi connectivity index (χ3n) is 4.11. The number of benzene rings is 2. The molecule has 0 aliphatic carbocycles. The Morgan fingerprint density at radius 2 is 1.89 bits per heavy atom. The molecule has 2 aromatic carbocycles. The van der Waals surface area contributed by atoms with Crippen molar-refractivity contribution >= 4 is 15.7 Å². The Morgan fingerprint density at radius 3 is 2.57 bits per heavy atom. The van der Waals surface area contributed by atoms with Crippen LogP contribution in [-0.2, 0) is 27.6 Å². The summed E-state index contributed by atoms with van der Waals surface area (Å²) in [5.74, 6) is -3.96. The number of rotatable bonds is 6. The molecule has 150 valence electrons. The molecule has 6 nitrogen and oxygen atoms in total. The lowest BCUT2D eigenvalue weighted by Crippen LogP contribution is -2.26. The summed E-state index contributed by atoms with van der Waals surface area (Å²) in [6.07, 6.45) is 0.295. The van der Waals surface area contributed by atoms with Crippen molar-refractivity contribution in [3.63, 3.8) is 0 Å². The Hall–Kier alpha value is -2.59. The van der Waals surface area contributed by atoms with Gasteiger partial charge in [0.2, 0.25) is 9.84 Å². The summed E-state index contributed by atoms with van der Waals surface area (Å²) in [5.41, 5.74) is 1.28. The molecule has 0 atom stereocenters. The predicted octanol–water partition coefficient (Wildman–Crippen LogP) is 2.66. The number of hydrogen-bond acceptors (Lipinski definition) is 5. The van der Waals surface area contributed by atoms with E-state index >= 15 is 0 Å². The number of halogens is 3. The Bertz CT molecular complexity index is 977. The van der Waals surface area contributed by atoms with E-state index in [4.69, 9.17) is 9.47 Å². The van der Waals surface area contributed by atoms with Crippen LogP contribution in [0.4, 0.5) is 13.2 Å². The minimum Gasteiger partial charge on any atom is -0.467 e. The van der Waals surface area contributed by atoms with Gasteiger partial charge in [0, 0.05) is 17.7 Å². The molecule has 3 rings (SSSR count). The van der Waals surface area contributed by atoms with Crippen molar-refractivity contribution < 1.29 is 35.9 Å². The SMILES string of the molecule is O=C(NCCc1cc(F)cc2c1OCOC2)c1ccc(S(=O)(=O)C(F)F)cc1. The maximum atomic E-state index is 13.7. The zero-order valence-corrected chi connectivity index (χ0v) is 15.3. The van der Waals surface area contributed by atoms with Gasteiger partial charge in [-0.05, 0) is 48.4 Å². The molecule has 1 aliphatic heterocycles. The van der Waals surface area contributed by atoms with Gasteiger partial charge < -0.3 is 14.8 Å². The molecule has 0 radical (unpaired) electrons. The van der Waals surface area contributed by atoms with Gasteiger partial charge in [0.15, 0.2) is 6.79 Å². The van der Waals surface area contributed by atoms with Gasteiger partial charge in [-0.25, -0.2) is 12.8 Å². The van der Waals surface area contributed by atoms with Crippen LogP contribution in [0.3, 0.4) is 0 Å². The van der Waals surface area contributed by atoms with Crippen LogP contribution in [0.25, 0.3) is 0 Å². The molecule has 1 N–H and O–H groups in total. The zero-order valence-electron chi connectivity index (χ0n) is 14.5. The van der Waals surface area contributed by atoms with Crippen molar-refractivity contribution in [2.45, 2.75) is 23.7 Å². The smallest absolute Gasteiger partial charge is 0.341 e. The van der Waals surface area contributed by atoms with E-state index in [0.717, 1.165) is 24.3 Å². The minimum atomic E-state index is -4.71. The first-order chi connectivity index (χ1) is 13.3. The van der Waals surface area contributed by atoms with Crippen LogP contribution in [0.1, 0.15) is 21.5 Å². The highest BCUT2D eigenvalue weighted by atomic mass is 32.2. The number of hydrogen-bond donors (Lipinski definition) is 1.